The zero-order valence-electron chi connectivity index (χ0n) is 10.7. The lowest BCUT2D eigenvalue weighted by molar-refractivity contribution is 0.559. The van der Waals surface area contributed by atoms with Crippen LogP contribution in [0.3, 0.4) is 0 Å². The molecule has 0 fully saturated rings. The summed E-state index contributed by atoms with van der Waals surface area (Å²) in [6, 6.07) is 3.72. The molecule has 0 aliphatic carbocycles. The van der Waals surface area contributed by atoms with E-state index in [0.29, 0.717) is 0 Å². The fourth-order valence-electron chi connectivity index (χ4n) is 1.45. The smallest absolute Gasteiger partial charge is 0.205 e. The number of aromatic nitrogens is 1. The maximum absolute atomic E-state index is 5.22. The lowest BCUT2D eigenvalue weighted by Crippen LogP contribution is -2.12. The largest absolute Gasteiger partial charge is 0.463 e. The van der Waals surface area contributed by atoms with E-state index >= 15 is 0 Å². The molecule has 2 aromatic heterocycles. The number of furan rings is 1. The summed E-state index contributed by atoms with van der Waals surface area (Å²) in [5.41, 5.74) is 1.08. The Morgan fingerprint density at radius 3 is 3.11 bits per heavy atom. The highest BCUT2D eigenvalue weighted by Gasteiger charge is 1.98. The summed E-state index contributed by atoms with van der Waals surface area (Å²) in [5.74, 6) is 0.743. The van der Waals surface area contributed by atoms with E-state index in [0.717, 1.165) is 35.6 Å². The Morgan fingerprint density at radius 2 is 2.39 bits per heavy atom. The first-order valence-corrected chi connectivity index (χ1v) is 6.94. The lowest BCUT2D eigenvalue weighted by atomic mass is 10.3. The quantitative estimate of drug-likeness (QED) is 0.604. The maximum Gasteiger partial charge on any atom is 0.205 e. The van der Waals surface area contributed by atoms with Crippen molar-refractivity contribution in [2.45, 2.75) is 26.7 Å². The van der Waals surface area contributed by atoms with Gasteiger partial charge in [-0.2, -0.15) is 5.10 Å². The average molecular weight is 263 g/mol. The molecule has 2 aromatic rings. The van der Waals surface area contributed by atoms with Crippen molar-refractivity contribution in [3.8, 4) is 0 Å². The highest BCUT2D eigenvalue weighted by Crippen LogP contribution is 2.01. The van der Waals surface area contributed by atoms with E-state index in [1.54, 1.807) is 23.8 Å². The third-order valence-electron chi connectivity index (χ3n) is 2.45. The van der Waals surface area contributed by atoms with Crippen molar-refractivity contribution < 1.29 is 4.42 Å². The van der Waals surface area contributed by atoms with Crippen molar-refractivity contribution in [1.82, 2.24) is 4.68 Å². The summed E-state index contributed by atoms with van der Waals surface area (Å²) < 4.78 is 7.07. The van der Waals surface area contributed by atoms with Gasteiger partial charge < -0.3 is 4.42 Å². The second-order valence-electron chi connectivity index (χ2n) is 3.97. The summed E-state index contributed by atoms with van der Waals surface area (Å²) >= 11 is 1.62. The average Bonchev–Trinajstić information content (AvgIpc) is 2.98. The number of unbranched alkanes of at least 4 members (excludes halogenated alkanes) is 1. The Morgan fingerprint density at radius 1 is 1.50 bits per heavy atom. The number of hydrogen-bond donors (Lipinski definition) is 0. The van der Waals surface area contributed by atoms with E-state index in [1.807, 2.05) is 23.7 Å². The van der Waals surface area contributed by atoms with E-state index in [2.05, 4.69) is 22.4 Å². The number of thiazole rings is 1. The van der Waals surface area contributed by atoms with E-state index in [9.17, 15) is 0 Å². The van der Waals surface area contributed by atoms with Crippen LogP contribution in [0.15, 0.2) is 38.3 Å². The van der Waals surface area contributed by atoms with Crippen LogP contribution in [0.4, 0.5) is 0 Å². The van der Waals surface area contributed by atoms with Crippen LogP contribution >= 0.6 is 11.3 Å². The molecule has 0 aliphatic heterocycles. The Hall–Kier alpha value is -1.62. The van der Waals surface area contributed by atoms with Gasteiger partial charge in [-0.05, 0) is 25.5 Å². The van der Waals surface area contributed by atoms with Crippen LogP contribution in [-0.4, -0.2) is 17.4 Å². The summed E-state index contributed by atoms with van der Waals surface area (Å²) in [4.78, 5) is 5.49. The van der Waals surface area contributed by atoms with Gasteiger partial charge in [0.15, 0.2) is 0 Å². The third-order valence-corrected chi connectivity index (χ3v) is 3.42. The zero-order chi connectivity index (χ0) is 12.8. The molecule has 2 heterocycles. The molecule has 0 radical (unpaired) electrons. The van der Waals surface area contributed by atoms with Gasteiger partial charge in [0.25, 0.3) is 0 Å². The number of hydrogen-bond acceptors (Lipinski definition) is 4. The van der Waals surface area contributed by atoms with E-state index in [-0.39, 0.29) is 0 Å². The molecule has 2 rings (SSSR count). The van der Waals surface area contributed by atoms with Crippen LogP contribution < -0.4 is 4.80 Å². The van der Waals surface area contributed by atoms with Crippen molar-refractivity contribution in [3.05, 3.63) is 40.0 Å². The number of nitrogens with zero attached hydrogens (tertiary/aromatic N) is 3. The van der Waals surface area contributed by atoms with E-state index in [4.69, 9.17) is 4.42 Å². The minimum atomic E-state index is 0.743. The predicted molar refractivity (Wildman–Crippen MR) is 74.1 cm³/mol. The molecular formula is C13H17N3OS. The van der Waals surface area contributed by atoms with Gasteiger partial charge in [0.1, 0.15) is 5.76 Å². The number of rotatable bonds is 5. The van der Waals surface area contributed by atoms with Crippen LogP contribution in [0.25, 0.3) is 0 Å². The third kappa shape index (κ3) is 3.20. The van der Waals surface area contributed by atoms with E-state index in [1.165, 1.54) is 0 Å². The fourth-order valence-corrected chi connectivity index (χ4v) is 2.28. The van der Waals surface area contributed by atoms with Crippen LogP contribution in [0.5, 0.6) is 0 Å². The molecule has 0 bridgehead atoms. The molecule has 5 heteroatoms. The standard InChI is InChI=1S/C13H17N3OS/c1-3-4-7-14-13-16(11(2)10-18-13)15-9-12-6-5-8-17-12/h5-6,8-10H,3-4,7H2,1-2H3/b14-13?,15-9-. The highest BCUT2D eigenvalue weighted by molar-refractivity contribution is 7.07. The van der Waals surface area contributed by atoms with Gasteiger partial charge in [0, 0.05) is 11.9 Å². The van der Waals surface area contributed by atoms with Crippen LogP contribution in [-0.2, 0) is 0 Å². The molecule has 0 aliphatic rings. The van der Waals surface area contributed by atoms with Gasteiger partial charge in [0.05, 0.1) is 18.2 Å². The molecule has 18 heavy (non-hydrogen) atoms. The first kappa shape index (κ1) is 12.8. The highest BCUT2D eigenvalue weighted by atomic mass is 32.1. The molecule has 0 unspecified atom stereocenters. The molecule has 0 saturated heterocycles. The fraction of sp³-hybridized carbons (Fsp3) is 0.385. The Balaban J connectivity index is 2.21. The van der Waals surface area contributed by atoms with Gasteiger partial charge in [-0.15, -0.1) is 11.3 Å². The lowest BCUT2D eigenvalue weighted by Gasteiger charge is -1.96. The Kier molecular flexibility index (Phi) is 4.52. The van der Waals surface area contributed by atoms with Crippen LogP contribution in [0.1, 0.15) is 31.2 Å². The molecule has 0 spiro atoms. The summed E-state index contributed by atoms with van der Waals surface area (Å²) in [5, 5.41) is 6.46. The zero-order valence-corrected chi connectivity index (χ0v) is 11.5. The molecular weight excluding hydrogens is 246 g/mol. The minimum Gasteiger partial charge on any atom is -0.463 e. The Bertz CT molecular complexity index is 563. The molecule has 0 atom stereocenters. The second kappa shape index (κ2) is 6.35. The van der Waals surface area contributed by atoms with Crippen LogP contribution in [0.2, 0.25) is 0 Å². The summed E-state index contributed by atoms with van der Waals surface area (Å²) in [7, 11) is 0. The summed E-state index contributed by atoms with van der Waals surface area (Å²) in [6.07, 6.45) is 5.61. The van der Waals surface area contributed by atoms with Crippen molar-refractivity contribution in [2.75, 3.05) is 6.54 Å². The van der Waals surface area contributed by atoms with Crippen molar-refractivity contribution >= 4 is 17.6 Å². The summed E-state index contributed by atoms with van der Waals surface area (Å²) in [6.45, 7) is 5.04. The van der Waals surface area contributed by atoms with E-state index < -0.39 is 0 Å². The molecule has 0 saturated carbocycles. The predicted octanol–water partition coefficient (Wildman–Crippen LogP) is 3.03. The topological polar surface area (TPSA) is 42.8 Å². The molecule has 4 nitrogen and oxygen atoms in total. The normalized spacial score (nSPS) is 12.7. The first-order chi connectivity index (χ1) is 8.81. The van der Waals surface area contributed by atoms with Gasteiger partial charge in [-0.1, -0.05) is 13.3 Å². The van der Waals surface area contributed by atoms with Gasteiger partial charge in [-0.25, -0.2) is 4.68 Å². The van der Waals surface area contributed by atoms with Gasteiger partial charge in [0.2, 0.25) is 4.80 Å². The first-order valence-electron chi connectivity index (χ1n) is 6.06. The monoisotopic (exact) mass is 263 g/mol. The SMILES string of the molecule is CCCCN=c1scc(C)n1/N=C\c1ccco1. The van der Waals surface area contributed by atoms with Crippen LogP contribution in [0, 0.1) is 6.92 Å². The molecule has 0 amide bonds. The second-order valence-corrected chi connectivity index (χ2v) is 4.80. The number of aryl methyl sites for hydroxylation is 1. The maximum atomic E-state index is 5.22. The molecule has 0 N–H and O–H groups in total. The molecule has 0 aromatic carbocycles. The van der Waals surface area contributed by atoms with Crippen molar-refractivity contribution in [1.29, 1.82) is 0 Å². The Labute approximate surface area is 110 Å². The van der Waals surface area contributed by atoms with Gasteiger partial charge >= 0.3 is 0 Å². The van der Waals surface area contributed by atoms with Crippen molar-refractivity contribution in [3.63, 3.8) is 0 Å². The van der Waals surface area contributed by atoms with Crippen molar-refractivity contribution in [2.24, 2.45) is 10.1 Å². The molecule has 96 valence electrons. The van der Waals surface area contributed by atoms with Gasteiger partial charge in [-0.3, -0.25) is 4.99 Å². The minimum absolute atomic E-state index is 0.743.